The van der Waals surface area contributed by atoms with Crippen LogP contribution in [0.25, 0.3) is 5.65 Å². The Balaban J connectivity index is 1.01. The highest BCUT2D eigenvalue weighted by molar-refractivity contribution is 5.78. The highest BCUT2D eigenvalue weighted by Gasteiger charge is 2.25. The third kappa shape index (κ3) is 5.53. The van der Waals surface area contributed by atoms with E-state index in [9.17, 15) is 4.79 Å². The van der Waals surface area contributed by atoms with E-state index in [1.165, 1.54) is 0 Å². The molecule has 1 amide bonds. The molecule has 0 aromatic carbocycles. The maximum atomic E-state index is 11.9. The molecule has 0 bridgehead atoms. The van der Waals surface area contributed by atoms with Crippen LogP contribution in [0.5, 0.6) is 11.8 Å². The number of amides is 1. The number of nitrogens with zero attached hydrogens (tertiary/aromatic N) is 7. The lowest BCUT2D eigenvalue weighted by Gasteiger charge is -2.30. The third-order valence-electron chi connectivity index (χ3n) is 7.16. The Morgan fingerprint density at radius 1 is 1.05 bits per heavy atom. The molecule has 2 aliphatic heterocycles. The Kier molecular flexibility index (Phi) is 6.89. The van der Waals surface area contributed by atoms with Crippen LogP contribution in [0, 0.1) is 0 Å². The fourth-order valence-corrected chi connectivity index (χ4v) is 4.84. The number of rotatable bonds is 8. The van der Waals surface area contributed by atoms with Gasteiger partial charge in [-0.15, -0.1) is 0 Å². The lowest BCUT2D eigenvalue weighted by atomic mass is 9.93. The van der Waals surface area contributed by atoms with Gasteiger partial charge in [0.05, 0.1) is 25.6 Å². The van der Waals surface area contributed by atoms with Crippen LogP contribution in [-0.2, 0) is 9.53 Å². The van der Waals surface area contributed by atoms with E-state index < -0.39 is 0 Å². The van der Waals surface area contributed by atoms with Gasteiger partial charge < -0.3 is 29.3 Å². The molecule has 0 radical (unpaired) electrons. The first-order valence-electron chi connectivity index (χ1n) is 13.0. The van der Waals surface area contributed by atoms with E-state index in [2.05, 4.69) is 25.2 Å². The summed E-state index contributed by atoms with van der Waals surface area (Å²) in [5, 5.41) is 3.41. The fourth-order valence-electron chi connectivity index (χ4n) is 4.84. The number of imidazole rings is 1. The molecule has 0 atom stereocenters. The van der Waals surface area contributed by atoms with E-state index in [4.69, 9.17) is 19.2 Å². The predicted octanol–water partition coefficient (Wildman–Crippen LogP) is 1.77. The predicted molar refractivity (Wildman–Crippen MR) is 135 cm³/mol. The van der Waals surface area contributed by atoms with Gasteiger partial charge in [0.15, 0.2) is 12.4 Å². The van der Waals surface area contributed by atoms with Crippen LogP contribution in [0.2, 0.25) is 0 Å². The summed E-state index contributed by atoms with van der Waals surface area (Å²) in [6.07, 6.45) is 11.7. The molecule has 1 N–H and O–H groups in total. The van der Waals surface area contributed by atoms with E-state index in [-0.39, 0.29) is 24.7 Å². The van der Waals surface area contributed by atoms with Crippen LogP contribution >= 0.6 is 0 Å². The zero-order chi connectivity index (χ0) is 25.0. The molecule has 1 aliphatic carbocycles. The summed E-state index contributed by atoms with van der Waals surface area (Å²) in [4.78, 5) is 33.9. The number of fused-ring (bicyclic) bond motifs is 1. The number of morpholine rings is 1. The van der Waals surface area contributed by atoms with Crippen molar-refractivity contribution >= 4 is 23.3 Å². The SMILES string of the molecule is O=C(COc1cnc(NC2CCC(Oc3nc(N4CCOCC4)cc4nccn34)CC2)nc1)N1CCC1. The number of hydrogen-bond acceptors (Lipinski definition) is 10. The first-order chi connectivity index (χ1) is 18.2. The minimum atomic E-state index is 0.00391. The topological polar surface area (TPSA) is 119 Å². The minimum Gasteiger partial charge on any atom is -0.481 e. The molecule has 3 aromatic rings. The second kappa shape index (κ2) is 10.8. The minimum absolute atomic E-state index is 0.00391. The normalized spacial score (nSPS) is 21.9. The first-order valence-corrected chi connectivity index (χ1v) is 13.0. The Bertz CT molecular complexity index is 1200. The monoisotopic (exact) mass is 508 g/mol. The fraction of sp³-hybridized carbons (Fsp3) is 0.560. The molecule has 0 unspecified atom stereocenters. The molecular formula is C25H32N8O4. The van der Waals surface area contributed by atoms with Crippen molar-refractivity contribution in [1.82, 2.24) is 29.2 Å². The molecule has 2 saturated heterocycles. The number of anilines is 2. The van der Waals surface area contributed by atoms with Crippen molar-refractivity contribution in [3.63, 3.8) is 0 Å². The smallest absolute Gasteiger partial charge is 0.304 e. The lowest BCUT2D eigenvalue weighted by molar-refractivity contribution is -0.136. The van der Waals surface area contributed by atoms with Crippen molar-refractivity contribution in [2.45, 2.75) is 44.2 Å². The second-order valence-electron chi connectivity index (χ2n) is 9.65. The van der Waals surface area contributed by atoms with Gasteiger partial charge in [0.2, 0.25) is 5.95 Å². The molecule has 1 saturated carbocycles. The van der Waals surface area contributed by atoms with E-state index in [0.29, 0.717) is 30.9 Å². The molecule has 196 valence electrons. The molecule has 6 rings (SSSR count). The molecule has 12 heteroatoms. The third-order valence-corrected chi connectivity index (χ3v) is 7.16. The van der Waals surface area contributed by atoms with Gasteiger partial charge in [-0.05, 0) is 32.1 Å². The van der Waals surface area contributed by atoms with Gasteiger partial charge in [-0.1, -0.05) is 0 Å². The summed E-state index contributed by atoms with van der Waals surface area (Å²) in [7, 11) is 0. The molecule has 5 heterocycles. The van der Waals surface area contributed by atoms with Crippen molar-refractivity contribution < 1.29 is 19.0 Å². The van der Waals surface area contributed by atoms with Crippen molar-refractivity contribution in [3.8, 4) is 11.8 Å². The number of hydrogen-bond donors (Lipinski definition) is 1. The molecule has 0 spiro atoms. The van der Waals surface area contributed by atoms with Crippen LogP contribution in [0.4, 0.5) is 11.8 Å². The van der Waals surface area contributed by atoms with Gasteiger partial charge in [0, 0.05) is 50.7 Å². The molecule has 37 heavy (non-hydrogen) atoms. The number of likely N-dealkylation sites (tertiary alicyclic amines) is 1. The molecule has 3 aromatic heterocycles. The van der Waals surface area contributed by atoms with Crippen LogP contribution in [0.3, 0.4) is 0 Å². The van der Waals surface area contributed by atoms with Gasteiger partial charge in [-0.3, -0.25) is 9.20 Å². The van der Waals surface area contributed by atoms with Crippen LogP contribution in [-0.4, -0.2) is 93.3 Å². The molecule has 3 fully saturated rings. The highest BCUT2D eigenvalue weighted by Crippen LogP contribution is 2.27. The first kappa shape index (κ1) is 23.7. The van der Waals surface area contributed by atoms with Crippen molar-refractivity contribution in [1.29, 1.82) is 0 Å². The summed E-state index contributed by atoms with van der Waals surface area (Å²) in [5.41, 5.74) is 0.830. The van der Waals surface area contributed by atoms with Crippen LogP contribution in [0.15, 0.2) is 30.9 Å². The van der Waals surface area contributed by atoms with Gasteiger partial charge in [-0.2, -0.15) is 4.98 Å². The van der Waals surface area contributed by atoms with Crippen LogP contribution in [0.1, 0.15) is 32.1 Å². The van der Waals surface area contributed by atoms with Crippen LogP contribution < -0.4 is 19.7 Å². The lowest BCUT2D eigenvalue weighted by Crippen LogP contribution is -2.44. The van der Waals surface area contributed by atoms with Crippen molar-refractivity contribution in [2.24, 2.45) is 0 Å². The average molecular weight is 509 g/mol. The summed E-state index contributed by atoms with van der Waals surface area (Å²) < 4.78 is 19.3. The zero-order valence-corrected chi connectivity index (χ0v) is 20.8. The van der Waals surface area contributed by atoms with Gasteiger partial charge in [0.1, 0.15) is 17.6 Å². The van der Waals surface area contributed by atoms with E-state index in [1.54, 1.807) is 23.5 Å². The maximum absolute atomic E-state index is 11.9. The largest absolute Gasteiger partial charge is 0.481 e. The Hall–Kier alpha value is -3.67. The standard InChI is InChI=1S/C25H32N8O4/c34-23(32-7-1-8-32)17-36-20-15-27-24(28-16-20)29-18-2-4-19(5-3-18)37-25-30-22(31-10-12-35-13-11-31)14-21-26-6-9-33(21)25/h6,9,14-16,18-19H,1-5,7-8,10-13,17H2,(H,27,28,29). The number of aromatic nitrogens is 5. The summed E-state index contributed by atoms with van der Waals surface area (Å²) in [6, 6.07) is 2.85. The molecular weight excluding hydrogens is 476 g/mol. The van der Waals surface area contributed by atoms with Gasteiger partial charge >= 0.3 is 6.01 Å². The molecule has 12 nitrogen and oxygen atoms in total. The quantitative estimate of drug-likeness (QED) is 0.482. The molecule has 3 aliphatic rings. The average Bonchev–Trinajstić information content (AvgIpc) is 3.38. The van der Waals surface area contributed by atoms with Gasteiger partial charge in [0.25, 0.3) is 5.91 Å². The summed E-state index contributed by atoms with van der Waals surface area (Å²) in [6.45, 7) is 4.69. The van der Waals surface area contributed by atoms with E-state index >= 15 is 0 Å². The number of ether oxygens (including phenoxy) is 3. The Morgan fingerprint density at radius 3 is 2.57 bits per heavy atom. The van der Waals surface area contributed by atoms with E-state index in [1.807, 2.05) is 16.7 Å². The zero-order valence-electron chi connectivity index (χ0n) is 20.8. The number of nitrogens with one attached hydrogen (secondary N) is 1. The summed E-state index contributed by atoms with van der Waals surface area (Å²) >= 11 is 0. The van der Waals surface area contributed by atoms with E-state index in [0.717, 1.165) is 69.7 Å². The Morgan fingerprint density at radius 2 is 1.84 bits per heavy atom. The van der Waals surface area contributed by atoms with Crippen molar-refractivity contribution in [3.05, 3.63) is 30.9 Å². The van der Waals surface area contributed by atoms with Crippen molar-refractivity contribution in [2.75, 3.05) is 56.2 Å². The number of carbonyl (C=O) groups excluding carboxylic acids is 1. The maximum Gasteiger partial charge on any atom is 0.304 e. The highest BCUT2D eigenvalue weighted by atomic mass is 16.5. The Labute approximate surface area is 215 Å². The second-order valence-corrected chi connectivity index (χ2v) is 9.65. The summed E-state index contributed by atoms with van der Waals surface area (Å²) in [5.74, 6) is 1.94. The van der Waals surface area contributed by atoms with Gasteiger partial charge in [-0.25, -0.2) is 15.0 Å². The number of carbonyl (C=O) groups is 1.